The maximum absolute atomic E-state index is 12.7. The van der Waals surface area contributed by atoms with Crippen LogP contribution in [0, 0.1) is 0 Å². The summed E-state index contributed by atoms with van der Waals surface area (Å²) in [6.07, 6.45) is 0. The van der Waals surface area contributed by atoms with E-state index >= 15 is 0 Å². The fraction of sp³-hybridized carbons (Fsp3) is 0. The molecule has 0 spiro atoms. The molecule has 0 radical (unpaired) electrons. The number of hydrogen-bond donors (Lipinski definition) is 1. The van der Waals surface area contributed by atoms with Crippen LogP contribution >= 0.6 is 0 Å². The van der Waals surface area contributed by atoms with Gasteiger partial charge in [0.1, 0.15) is 11.5 Å². The molecule has 0 unspecified atom stereocenters. The normalized spacial score (nSPS) is 10.4. The van der Waals surface area contributed by atoms with Crippen molar-refractivity contribution < 1.29 is 28.7 Å². The molecule has 5 aromatic carbocycles. The van der Waals surface area contributed by atoms with E-state index in [4.69, 9.17) is 4.74 Å². The molecule has 7 heteroatoms. The first-order valence-electron chi connectivity index (χ1n) is 13.0. The summed E-state index contributed by atoms with van der Waals surface area (Å²) in [5, 5.41) is 2.77. The average molecular weight is 554 g/mol. The quantitative estimate of drug-likeness (QED) is 0.150. The van der Waals surface area contributed by atoms with Gasteiger partial charge >= 0.3 is 0 Å². The Morgan fingerprint density at radius 1 is 0.381 bits per heavy atom. The molecule has 0 bridgehead atoms. The van der Waals surface area contributed by atoms with Gasteiger partial charge in [-0.25, -0.2) is 0 Å². The van der Waals surface area contributed by atoms with E-state index in [1.807, 2.05) is 0 Å². The highest BCUT2D eigenvalue weighted by Gasteiger charge is 2.19. The molecule has 0 heterocycles. The zero-order valence-corrected chi connectivity index (χ0v) is 22.2. The van der Waals surface area contributed by atoms with E-state index in [9.17, 15) is 24.0 Å². The van der Waals surface area contributed by atoms with Crippen molar-refractivity contribution in [3.8, 4) is 11.5 Å². The van der Waals surface area contributed by atoms with Crippen LogP contribution in [0.15, 0.2) is 133 Å². The summed E-state index contributed by atoms with van der Waals surface area (Å²) in [5.74, 6) is -1.86. The molecule has 7 nitrogen and oxygen atoms in total. The lowest BCUT2D eigenvalue weighted by Crippen LogP contribution is -2.15. The van der Waals surface area contributed by atoms with Crippen LogP contribution in [0.2, 0.25) is 0 Å². The molecule has 0 fully saturated rings. The minimum absolute atomic E-state index is 0.196. The highest BCUT2D eigenvalue weighted by molar-refractivity contribution is 6.49. The van der Waals surface area contributed by atoms with E-state index in [1.54, 1.807) is 97.1 Å². The first-order chi connectivity index (χ1) is 20.4. The van der Waals surface area contributed by atoms with Gasteiger partial charge in [0.2, 0.25) is 23.1 Å². The third-order valence-corrected chi connectivity index (χ3v) is 6.36. The third-order valence-electron chi connectivity index (χ3n) is 6.36. The maximum Gasteiger partial charge on any atom is 0.255 e. The SMILES string of the molecule is O=C(Nc1ccc(Oc2ccc(C(=O)C(=O)c3ccccc3)cc2)cc1)c1ccc(C(=O)C(=O)c2ccccc2)cc1. The Morgan fingerprint density at radius 2 is 0.714 bits per heavy atom. The second kappa shape index (κ2) is 12.5. The smallest absolute Gasteiger partial charge is 0.255 e. The van der Waals surface area contributed by atoms with Crippen molar-refractivity contribution in [2.45, 2.75) is 0 Å². The third kappa shape index (κ3) is 6.43. The zero-order chi connectivity index (χ0) is 29.5. The van der Waals surface area contributed by atoms with Gasteiger partial charge < -0.3 is 10.1 Å². The van der Waals surface area contributed by atoms with Crippen molar-refractivity contribution in [1.82, 2.24) is 0 Å². The molecule has 0 aromatic heterocycles. The molecular formula is C35H23NO6. The van der Waals surface area contributed by atoms with Gasteiger partial charge in [-0.3, -0.25) is 24.0 Å². The van der Waals surface area contributed by atoms with Gasteiger partial charge in [0.15, 0.2) is 0 Å². The van der Waals surface area contributed by atoms with Crippen LogP contribution in [0.1, 0.15) is 51.8 Å². The van der Waals surface area contributed by atoms with Gasteiger partial charge in [-0.05, 0) is 60.7 Å². The van der Waals surface area contributed by atoms with Gasteiger partial charge in [0.25, 0.3) is 5.91 Å². The van der Waals surface area contributed by atoms with E-state index in [2.05, 4.69) is 5.32 Å². The Hall–Kier alpha value is -5.95. The summed E-state index contributed by atoms with van der Waals surface area (Å²) < 4.78 is 5.82. The summed E-state index contributed by atoms with van der Waals surface area (Å²) in [4.78, 5) is 62.5. The second-order valence-corrected chi connectivity index (χ2v) is 9.23. The Kier molecular flexibility index (Phi) is 8.21. The molecule has 0 saturated carbocycles. The molecule has 204 valence electrons. The lowest BCUT2D eigenvalue weighted by Gasteiger charge is -2.09. The molecule has 0 aliphatic heterocycles. The highest BCUT2D eigenvalue weighted by Crippen LogP contribution is 2.24. The Balaban J connectivity index is 1.16. The Labute approximate surface area is 241 Å². The van der Waals surface area contributed by atoms with Gasteiger partial charge in [-0.15, -0.1) is 0 Å². The molecule has 5 rings (SSSR count). The summed E-state index contributed by atoms with van der Waals surface area (Å²) >= 11 is 0. The van der Waals surface area contributed by atoms with Crippen LogP contribution in [0.4, 0.5) is 5.69 Å². The van der Waals surface area contributed by atoms with E-state index in [0.29, 0.717) is 33.9 Å². The molecule has 0 saturated heterocycles. The zero-order valence-electron chi connectivity index (χ0n) is 22.2. The van der Waals surface area contributed by atoms with Gasteiger partial charge in [-0.1, -0.05) is 72.8 Å². The van der Waals surface area contributed by atoms with Crippen molar-refractivity contribution in [1.29, 1.82) is 0 Å². The molecule has 0 aliphatic rings. The number of carbonyl (C=O) groups is 5. The maximum atomic E-state index is 12.7. The van der Waals surface area contributed by atoms with Crippen LogP contribution in [-0.2, 0) is 0 Å². The molecular weight excluding hydrogens is 530 g/mol. The average Bonchev–Trinajstić information content (AvgIpc) is 3.05. The van der Waals surface area contributed by atoms with Crippen LogP contribution in [-0.4, -0.2) is 29.0 Å². The number of hydrogen-bond acceptors (Lipinski definition) is 6. The standard InChI is InChI=1S/C35H23NO6/c37-31(23-7-3-1-4-8-23)33(39)25-11-13-27(14-12-25)35(41)36-28-17-21-30(22-18-28)42-29-19-15-26(16-20-29)34(40)32(38)24-9-5-2-6-10-24/h1-22H,(H,36,41). The molecule has 1 N–H and O–H groups in total. The fourth-order valence-corrected chi connectivity index (χ4v) is 4.10. The number of rotatable bonds is 10. The van der Waals surface area contributed by atoms with Crippen LogP contribution in [0.25, 0.3) is 0 Å². The predicted molar refractivity (Wildman–Crippen MR) is 158 cm³/mol. The summed E-state index contributed by atoms with van der Waals surface area (Å²) in [5.41, 5.74) is 1.93. The van der Waals surface area contributed by atoms with E-state index in [1.165, 1.54) is 36.4 Å². The molecule has 42 heavy (non-hydrogen) atoms. The Bertz CT molecular complexity index is 1760. The number of ether oxygens (including phenoxy) is 1. The van der Waals surface area contributed by atoms with Gasteiger partial charge in [-0.2, -0.15) is 0 Å². The largest absolute Gasteiger partial charge is 0.457 e. The number of carbonyl (C=O) groups excluding carboxylic acids is 5. The van der Waals surface area contributed by atoms with E-state index < -0.39 is 23.1 Å². The lowest BCUT2D eigenvalue weighted by atomic mass is 10.0. The first-order valence-corrected chi connectivity index (χ1v) is 13.0. The van der Waals surface area contributed by atoms with Crippen LogP contribution < -0.4 is 10.1 Å². The minimum Gasteiger partial charge on any atom is -0.457 e. The number of amides is 1. The van der Waals surface area contributed by atoms with Crippen molar-refractivity contribution in [3.05, 3.63) is 161 Å². The highest BCUT2D eigenvalue weighted by atomic mass is 16.5. The molecule has 0 aliphatic carbocycles. The second-order valence-electron chi connectivity index (χ2n) is 9.23. The van der Waals surface area contributed by atoms with Crippen LogP contribution in [0.5, 0.6) is 11.5 Å². The first kappa shape index (κ1) is 27.6. The van der Waals surface area contributed by atoms with Crippen molar-refractivity contribution >= 4 is 34.7 Å². The number of nitrogens with one attached hydrogen (secondary N) is 1. The number of Topliss-reactive ketones (excluding diaryl/α,β-unsaturated/α-hetero) is 4. The van der Waals surface area contributed by atoms with Crippen molar-refractivity contribution in [3.63, 3.8) is 0 Å². The van der Waals surface area contributed by atoms with Gasteiger partial charge in [0, 0.05) is 33.5 Å². The number of ketones is 4. The number of anilines is 1. The van der Waals surface area contributed by atoms with Crippen LogP contribution in [0.3, 0.4) is 0 Å². The van der Waals surface area contributed by atoms with Gasteiger partial charge in [0.05, 0.1) is 0 Å². The van der Waals surface area contributed by atoms with Crippen molar-refractivity contribution in [2.24, 2.45) is 0 Å². The molecule has 5 aromatic rings. The van der Waals surface area contributed by atoms with Crippen molar-refractivity contribution in [2.75, 3.05) is 5.32 Å². The number of benzene rings is 5. The molecule has 0 atom stereocenters. The molecule has 1 amide bonds. The fourth-order valence-electron chi connectivity index (χ4n) is 4.10. The predicted octanol–water partition coefficient (Wildman–Crippen LogP) is 6.86. The summed E-state index contributed by atoms with van der Waals surface area (Å²) in [6, 6.07) is 35.5. The minimum atomic E-state index is -0.648. The Morgan fingerprint density at radius 3 is 1.14 bits per heavy atom. The van der Waals surface area contributed by atoms with E-state index in [-0.39, 0.29) is 17.0 Å². The lowest BCUT2D eigenvalue weighted by molar-refractivity contribution is 0.0817. The summed E-state index contributed by atoms with van der Waals surface area (Å²) in [7, 11) is 0. The van der Waals surface area contributed by atoms with E-state index in [0.717, 1.165) is 0 Å². The monoisotopic (exact) mass is 553 g/mol. The summed E-state index contributed by atoms with van der Waals surface area (Å²) in [6.45, 7) is 0. The topological polar surface area (TPSA) is 107 Å².